The van der Waals surface area contributed by atoms with Gasteiger partial charge in [-0.3, -0.25) is 0 Å². The van der Waals surface area contributed by atoms with Gasteiger partial charge in [0.25, 0.3) is 0 Å². The smallest absolute Gasteiger partial charge is 0.243 e. The first-order valence-electron chi connectivity index (χ1n) is 11.9. The van der Waals surface area contributed by atoms with Crippen LogP contribution in [0.25, 0.3) is 0 Å². The Hall–Kier alpha value is -2.65. The van der Waals surface area contributed by atoms with Crippen molar-refractivity contribution in [2.24, 2.45) is 5.10 Å². The van der Waals surface area contributed by atoms with Crippen LogP contribution in [0.4, 0.5) is 0 Å². The van der Waals surface area contributed by atoms with Crippen LogP contribution in [-0.4, -0.2) is 45.8 Å². The maximum Gasteiger partial charge on any atom is 0.243 e. The van der Waals surface area contributed by atoms with Gasteiger partial charge in [0.1, 0.15) is 5.84 Å². The Morgan fingerprint density at radius 3 is 2.43 bits per heavy atom. The fraction of sp³-hybridized carbons (Fsp3) is 0.346. The van der Waals surface area contributed by atoms with E-state index in [2.05, 4.69) is 0 Å². The fourth-order valence-electron chi connectivity index (χ4n) is 4.35. The molecule has 0 fully saturated rings. The Morgan fingerprint density at radius 1 is 1.06 bits per heavy atom. The Bertz CT molecular complexity index is 1260. The number of unbranched alkanes of at least 4 members (excludes halogenated alkanes) is 1. The molecule has 1 aliphatic rings. The zero-order valence-electron chi connectivity index (χ0n) is 20.0. The second-order valence-electron chi connectivity index (χ2n) is 8.57. The number of rotatable bonds is 10. The summed E-state index contributed by atoms with van der Waals surface area (Å²) in [6.45, 7) is 4.71. The fourth-order valence-corrected chi connectivity index (χ4v) is 6.18. The van der Waals surface area contributed by atoms with Crippen LogP contribution in [0.5, 0.6) is 0 Å². The summed E-state index contributed by atoms with van der Waals surface area (Å²) < 4.78 is 30.9. The molecule has 0 radical (unpaired) electrons. The number of hydrogen-bond acceptors (Lipinski definition) is 5. The molecule has 3 aromatic rings. The molecule has 0 saturated heterocycles. The Morgan fingerprint density at radius 2 is 1.77 bits per heavy atom. The van der Waals surface area contributed by atoms with Crippen molar-refractivity contribution in [2.75, 3.05) is 6.54 Å². The summed E-state index contributed by atoms with van der Waals surface area (Å²) in [5, 5.41) is 16.6. The molecular formula is C26H31ClN4O3S. The van der Waals surface area contributed by atoms with Crippen molar-refractivity contribution in [3.05, 3.63) is 89.2 Å². The predicted molar refractivity (Wildman–Crippen MR) is 139 cm³/mol. The molecule has 35 heavy (non-hydrogen) atoms. The summed E-state index contributed by atoms with van der Waals surface area (Å²) in [5.41, 5.74) is 1.63. The zero-order valence-corrected chi connectivity index (χ0v) is 21.5. The number of benzene rings is 2. The van der Waals surface area contributed by atoms with Crippen LogP contribution in [0.3, 0.4) is 0 Å². The van der Waals surface area contributed by atoms with Crippen molar-refractivity contribution in [3.8, 4) is 0 Å². The summed E-state index contributed by atoms with van der Waals surface area (Å²) in [6, 6.07) is 19.1. The first-order chi connectivity index (χ1) is 16.9. The third-order valence-electron chi connectivity index (χ3n) is 6.20. The van der Waals surface area contributed by atoms with Crippen molar-refractivity contribution in [2.45, 2.75) is 56.8 Å². The van der Waals surface area contributed by atoms with E-state index in [9.17, 15) is 13.5 Å². The number of hydrogen-bond donors (Lipinski definition) is 1. The molecule has 2 aromatic carbocycles. The molecule has 0 saturated carbocycles. The third kappa shape index (κ3) is 5.30. The summed E-state index contributed by atoms with van der Waals surface area (Å²) in [6.07, 6.45) is 2.84. The van der Waals surface area contributed by atoms with Gasteiger partial charge in [-0.2, -0.15) is 9.41 Å². The van der Waals surface area contributed by atoms with Crippen LogP contribution in [0.15, 0.2) is 82.9 Å². The first kappa shape index (κ1) is 25.4. The summed E-state index contributed by atoms with van der Waals surface area (Å²) in [5.74, 6) is 0.515. The van der Waals surface area contributed by atoms with E-state index in [-0.39, 0.29) is 4.90 Å². The largest absolute Gasteiger partial charge is 0.368 e. The number of nitrogens with zero attached hydrogens (tertiary/aromatic N) is 4. The molecule has 2 heterocycles. The zero-order chi connectivity index (χ0) is 25.0. The van der Waals surface area contributed by atoms with Crippen LogP contribution < -0.4 is 0 Å². The van der Waals surface area contributed by atoms with E-state index in [4.69, 9.17) is 16.7 Å². The van der Waals surface area contributed by atoms with E-state index in [1.807, 2.05) is 56.3 Å². The lowest BCUT2D eigenvalue weighted by Gasteiger charge is -2.40. The van der Waals surface area contributed by atoms with Gasteiger partial charge in [0.15, 0.2) is 6.23 Å². The number of sulfonamides is 1. The number of aliphatic hydroxyl groups is 1. The maximum absolute atomic E-state index is 13.9. The summed E-state index contributed by atoms with van der Waals surface area (Å²) in [7, 11) is -3.85. The van der Waals surface area contributed by atoms with Gasteiger partial charge in [-0.25, -0.2) is 13.1 Å². The van der Waals surface area contributed by atoms with Crippen LogP contribution in [0.2, 0.25) is 5.02 Å². The minimum atomic E-state index is -3.85. The van der Waals surface area contributed by atoms with E-state index in [1.54, 1.807) is 27.9 Å². The predicted octanol–water partition coefficient (Wildman–Crippen LogP) is 5.08. The van der Waals surface area contributed by atoms with Crippen molar-refractivity contribution in [1.82, 2.24) is 13.9 Å². The summed E-state index contributed by atoms with van der Waals surface area (Å²) in [4.78, 5) is 1.99. The van der Waals surface area contributed by atoms with Crippen molar-refractivity contribution < 1.29 is 13.5 Å². The average Bonchev–Trinajstić information content (AvgIpc) is 3.33. The Balaban J connectivity index is 1.80. The highest BCUT2D eigenvalue weighted by molar-refractivity contribution is 7.89. The highest BCUT2D eigenvalue weighted by atomic mass is 35.5. The maximum atomic E-state index is 13.9. The van der Waals surface area contributed by atoms with E-state index in [0.717, 1.165) is 12.0 Å². The highest BCUT2D eigenvalue weighted by Gasteiger charge is 2.39. The molecule has 1 N–H and O–H groups in total. The number of fused-ring (bicyclic) bond motifs is 1. The number of halogens is 1. The minimum absolute atomic E-state index is 0.185. The molecule has 186 valence electrons. The Kier molecular flexibility index (Phi) is 7.96. The second-order valence-corrected chi connectivity index (χ2v) is 10.9. The van der Waals surface area contributed by atoms with Gasteiger partial charge in [0.2, 0.25) is 10.0 Å². The van der Waals surface area contributed by atoms with Gasteiger partial charge in [0, 0.05) is 24.3 Å². The van der Waals surface area contributed by atoms with Gasteiger partial charge >= 0.3 is 0 Å². The molecular weight excluding hydrogens is 484 g/mol. The van der Waals surface area contributed by atoms with Gasteiger partial charge < -0.3 is 10.0 Å². The van der Waals surface area contributed by atoms with E-state index < -0.39 is 22.3 Å². The lowest BCUT2D eigenvalue weighted by molar-refractivity contribution is 0.0299. The lowest BCUT2D eigenvalue weighted by atomic mass is 10.1. The van der Waals surface area contributed by atoms with Crippen molar-refractivity contribution in [3.63, 3.8) is 0 Å². The van der Waals surface area contributed by atoms with Gasteiger partial charge in [-0.15, -0.1) is 0 Å². The quantitative estimate of drug-likeness (QED) is 0.409. The molecule has 4 rings (SSSR count). The standard InChI is InChI=1S/C26H31ClN4O3S/c1-3-5-18-31(35(33,34)22-15-13-21(27)14-16-22)23(4-2)25-28-30-17-9-12-24(30)26(32)29(25)19-20-10-7-6-8-11-20/h6-17,23,26,32H,3-5,18-19H2,1-2H3. The molecule has 0 amide bonds. The number of aromatic nitrogens is 1. The molecule has 2 unspecified atom stereocenters. The monoisotopic (exact) mass is 514 g/mol. The van der Waals surface area contributed by atoms with E-state index >= 15 is 0 Å². The van der Waals surface area contributed by atoms with Crippen LogP contribution in [-0.2, 0) is 16.6 Å². The summed E-state index contributed by atoms with van der Waals surface area (Å²) >= 11 is 6.02. The number of amidine groups is 1. The topological polar surface area (TPSA) is 78.1 Å². The van der Waals surface area contributed by atoms with E-state index in [1.165, 1.54) is 16.4 Å². The van der Waals surface area contributed by atoms with Crippen LogP contribution in [0.1, 0.15) is 50.6 Å². The van der Waals surface area contributed by atoms with Crippen LogP contribution in [0, 0.1) is 0 Å². The van der Waals surface area contributed by atoms with Crippen molar-refractivity contribution >= 4 is 27.5 Å². The molecule has 0 spiro atoms. The molecule has 0 bridgehead atoms. The third-order valence-corrected chi connectivity index (χ3v) is 8.38. The molecule has 1 aliphatic heterocycles. The Labute approximate surface area is 212 Å². The normalized spacial score (nSPS) is 16.8. The van der Waals surface area contributed by atoms with E-state index in [0.29, 0.717) is 42.5 Å². The van der Waals surface area contributed by atoms with Gasteiger partial charge in [-0.1, -0.05) is 62.2 Å². The second kappa shape index (κ2) is 11.0. The molecule has 2 atom stereocenters. The SMILES string of the molecule is CCCCN(C(CC)C1=Nn2cccc2C(O)N1Cc1ccccc1)S(=O)(=O)c1ccc(Cl)cc1. The van der Waals surface area contributed by atoms with Crippen molar-refractivity contribution in [1.29, 1.82) is 0 Å². The first-order valence-corrected chi connectivity index (χ1v) is 13.7. The molecule has 0 aliphatic carbocycles. The van der Waals surface area contributed by atoms with Gasteiger partial charge in [0.05, 0.1) is 16.6 Å². The molecule has 9 heteroatoms. The molecule has 7 nitrogen and oxygen atoms in total. The average molecular weight is 515 g/mol. The molecule has 1 aromatic heterocycles. The minimum Gasteiger partial charge on any atom is -0.368 e. The number of aliphatic hydroxyl groups excluding tert-OH is 1. The van der Waals surface area contributed by atoms with Crippen LogP contribution >= 0.6 is 11.6 Å². The lowest BCUT2D eigenvalue weighted by Crippen LogP contribution is -2.53. The highest BCUT2D eigenvalue weighted by Crippen LogP contribution is 2.31. The van der Waals surface area contributed by atoms with Gasteiger partial charge in [-0.05, 0) is 54.8 Å².